The Bertz CT molecular complexity index is 1100. The first-order valence-electron chi connectivity index (χ1n) is 10.8. The van der Waals surface area contributed by atoms with Crippen LogP contribution in [0.15, 0.2) is 54.9 Å². The van der Waals surface area contributed by atoms with Gasteiger partial charge in [0.2, 0.25) is 0 Å². The van der Waals surface area contributed by atoms with E-state index >= 15 is 0 Å². The van der Waals surface area contributed by atoms with Crippen molar-refractivity contribution in [3.8, 4) is 11.5 Å². The van der Waals surface area contributed by atoms with Crippen molar-refractivity contribution in [2.75, 3.05) is 46.3 Å². The van der Waals surface area contributed by atoms with Crippen LogP contribution in [0.1, 0.15) is 33.3 Å². The molecule has 3 heterocycles. The molecule has 1 aromatic carbocycles. The van der Waals surface area contributed by atoms with E-state index in [2.05, 4.69) is 15.3 Å². The predicted molar refractivity (Wildman–Crippen MR) is 125 cm³/mol. The summed E-state index contributed by atoms with van der Waals surface area (Å²) in [7, 11) is 5.08. The van der Waals surface area contributed by atoms with Crippen molar-refractivity contribution in [1.29, 1.82) is 0 Å². The monoisotopic (exact) mass is 448 g/mol. The number of aromatic nitrogens is 2. The number of benzene rings is 1. The Hall–Kier alpha value is -3.65. The Kier molecular flexibility index (Phi) is 7.04. The van der Waals surface area contributed by atoms with Crippen LogP contribution < -0.4 is 14.8 Å². The molecule has 1 N–H and O–H groups in total. The van der Waals surface area contributed by atoms with Crippen LogP contribution in [0, 0.1) is 0 Å². The summed E-state index contributed by atoms with van der Waals surface area (Å²) >= 11 is 0. The molecule has 0 unspecified atom stereocenters. The lowest BCUT2D eigenvalue weighted by Crippen LogP contribution is -2.42. The van der Waals surface area contributed by atoms with Crippen LogP contribution in [0.3, 0.4) is 0 Å². The van der Waals surface area contributed by atoms with Crippen LogP contribution in [0.2, 0.25) is 0 Å². The molecule has 1 fully saturated rings. The molecule has 0 aliphatic carbocycles. The number of carbonyl (C=O) groups is 1. The molecule has 1 atom stereocenters. The highest BCUT2D eigenvalue weighted by Gasteiger charge is 2.27. The van der Waals surface area contributed by atoms with Crippen molar-refractivity contribution in [2.45, 2.75) is 12.5 Å². The van der Waals surface area contributed by atoms with Crippen LogP contribution in [0.4, 0.5) is 5.82 Å². The number of carbonyl (C=O) groups excluding carboxylic acids is 1. The summed E-state index contributed by atoms with van der Waals surface area (Å²) in [5, 5.41) is 2.96. The van der Waals surface area contributed by atoms with Gasteiger partial charge in [-0.05, 0) is 42.0 Å². The minimum atomic E-state index is -0.270. The molecule has 33 heavy (non-hydrogen) atoms. The molecule has 4 rings (SSSR count). The molecule has 3 aromatic rings. The number of nitrogens with one attached hydrogen (secondary N) is 1. The highest BCUT2D eigenvalue weighted by Crippen LogP contribution is 2.27. The number of rotatable bonds is 7. The Morgan fingerprint density at radius 1 is 1.15 bits per heavy atom. The number of nitrogens with zero attached hydrogens (tertiary/aromatic N) is 3. The number of amides is 1. The molecular weight excluding hydrogens is 420 g/mol. The lowest BCUT2D eigenvalue weighted by molar-refractivity contribution is -0.0247. The van der Waals surface area contributed by atoms with Gasteiger partial charge in [0, 0.05) is 43.5 Å². The van der Waals surface area contributed by atoms with Crippen LogP contribution >= 0.6 is 0 Å². The van der Waals surface area contributed by atoms with E-state index in [4.69, 9.17) is 14.2 Å². The van der Waals surface area contributed by atoms with Crippen LogP contribution in [0.5, 0.6) is 11.5 Å². The van der Waals surface area contributed by atoms with E-state index in [1.807, 2.05) is 36.5 Å². The Morgan fingerprint density at radius 2 is 2.03 bits per heavy atom. The smallest absolute Gasteiger partial charge is 0.254 e. The third-order valence-corrected chi connectivity index (χ3v) is 5.68. The molecular formula is C25H28N4O4. The van der Waals surface area contributed by atoms with Gasteiger partial charge < -0.3 is 24.4 Å². The van der Waals surface area contributed by atoms with E-state index in [1.54, 1.807) is 44.5 Å². The molecule has 0 radical (unpaired) electrons. The third kappa shape index (κ3) is 5.23. The highest BCUT2D eigenvalue weighted by atomic mass is 16.5. The first-order valence-corrected chi connectivity index (χ1v) is 10.8. The van der Waals surface area contributed by atoms with Crippen molar-refractivity contribution in [1.82, 2.24) is 14.9 Å². The average molecular weight is 449 g/mol. The molecule has 1 saturated heterocycles. The van der Waals surface area contributed by atoms with E-state index in [0.29, 0.717) is 37.5 Å². The van der Waals surface area contributed by atoms with Crippen LogP contribution in [-0.4, -0.2) is 61.7 Å². The number of pyridine rings is 2. The molecule has 1 amide bonds. The largest absolute Gasteiger partial charge is 0.497 e. The van der Waals surface area contributed by atoms with Crippen LogP contribution in [0.25, 0.3) is 0 Å². The van der Waals surface area contributed by atoms with Gasteiger partial charge in [0.05, 0.1) is 33.1 Å². The standard InChI is InChI=1S/C25H28N4O4/c1-26-24-14-18(8-9-27-24)25(30)29-10-11-33-23(16-29)21-6-4-17(15-28-21)12-19-13-20(31-2)5-7-22(19)32-3/h4-9,13-15,23H,10-12,16H2,1-3H3,(H,26,27)/t23-/m1/s1. The molecule has 172 valence electrons. The van der Waals surface area contributed by atoms with Gasteiger partial charge in [0.25, 0.3) is 5.91 Å². The maximum atomic E-state index is 13.0. The summed E-state index contributed by atoms with van der Waals surface area (Å²) in [6.07, 6.45) is 3.88. The number of hydrogen-bond donors (Lipinski definition) is 1. The summed E-state index contributed by atoms with van der Waals surface area (Å²) in [5.41, 5.74) is 3.48. The summed E-state index contributed by atoms with van der Waals surface area (Å²) in [6.45, 7) is 1.46. The normalized spacial score (nSPS) is 15.7. The van der Waals surface area contributed by atoms with Crippen LogP contribution in [-0.2, 0) is 11.2 Å². The molecule has 0 saturated carbocycles. The lowest BCUT2D eigenvalue weighted by atomic mass is 10.0. The molecule has 0 bridgehead atoms. The zero-order chi connectivity index (χ0) is 23.2. The van der Waals surface area contributed by atoms with Gasteiger partial charge in [-0.3, -0.25) is 9.78 Å². The summed E-state index contributed by atoms with van der Waals surface area (Å²) in [4.78, 5) is 23.6. The fraction of sp³-hybridized carbons (Fsp3) is 0.320. The molecule has 8 heteroatoms. The average Bonchev–Trinajstić information content (AvgIpc) is 2.88. The van der Waals surface area contributed by atoms with E-state index in [9.17, 15) is 4.79 Å². The maximum absolute atomic E-state index is 13.0. The fourth-order valence-electron chi connectivity index (χ4n) is 3.87. The first kappa shape index (κ1) is 22.5. The molecule has 1 aliphatic heterocycles. The summed E-state index contributed by atoms with van der Waals surface area (Å²) < 4.78 is 16.8. The second kappa shape index (κ2) is 10.3. The van der Waals surface area contributed by atoms with E-state index in [0.717, 1.165) is 28.3 Å². The Labute approximate surface area is 193 Å². The van der Waals surface area contributed by atoms with Crippen molar-refractivity contribution >= 4 is 11.7 Å². The quantitative estimate of drug-likeness (QED) is 0.593. The van der Waals surface area contributed by atoms with Crippen molar-refractivity contribution in [3.05, 3.63) is 77.2 Å². The Morgan fingerprint density at radius 3 is 2.76 bits per heavy atom. The van der Waals surface area contributed by atoms with Crippen molar-refractivity contribution < 1.29 is 19.0 Å². The lowest BCUT2D eigenvalue weighted by Gasteiger charge is -2.32. The molecule has 1 aliphatic rings. The number of ether oxygens (including phenoxy) is 3. The van der Waals surface area contributed by atoms with Gasteiger partial charge >= 0.3 is 0 Å². The van der Waals surface area contributed by atoms with Gasteiger partial charge in [-0.15, -0.1) is 0 Å². The third-order valence-electron chi connectivity index (χ3n) is 5.68. The number of hydrogen-bond acceptors (Lipinski definition) is 7. The number of anilines is 1. The zero-order valence-electron chi connectivity index (χ0n) is 19.1. The van der Waals surface area contributed by atoms with E-state index in [1.165, 1.54) is 0 Å². The zero-order valence-corrected chi connectivity index (χ0v) is 19.1. The SMILES string of the molecule is CNc1cc(C(=O)N2CCO[C@@H](c3ccc(Cc4cc(OC)ccc4OC)cn3)C2)ccn1. The van der Waals surface area contributed by atoms with Gasteiger partial charge in [-0.25, -0.2) is 4.98 Å². The van der Waals surface area contributed by atoms with Crippen molar-refractivity contribution in [3.63, 3.8) is 0 Å². The first-order chi connectivity index (χ1) is 16.1. The van der Waals surface area contributed by atoms with E-state index in [-0.39, 0.29) is 12.0 Å². The van der Waals surface area contributed by atoms with E-state index < -0.39 is 0 Å². The maximum Gasteiger partial charge on any atom is 0.254 e. The fourth-order valence-corrected chi connectivity index (χ4v) is 3.87. The molecule has 2 aromatic heterocycles. The molecule has 8 nitrogen and oxygen atoms in total. The minimum absolute atomic E-state index is 0.0380. The minimum Gasteiger partial charge on any atom is -0.497 e. The number of morpholine rings is 1. The van der Waals surface area contributed by atoms with Gasteiger partial charge in [-0.2, -0.15) is 0 Å². The number of methoxy groups -OCH3 is 2. The van der Waals surface area contributed by atoms with Crippen molar-refractivity contribution in [2.24, 2.45) is 0 Å². The van der Waals surface area contributed by atoms with Gasteiger partial charge in [0.1, 0.15) is 23.4 Å². The second-order valence-corrected chi connectivity index (χ2v) is 7.74. The Balaban J connectivity index is 1.45. The summed E-state index contributed by atoms with van der Waals surface area (Å²) in [5.74, 6) is 2.22. The molecule has 0 spiro atoms. The predicted octanol–water partition coefficient (Wildman–Crippen LogP) is 3.34. The second-order valence-electron chi connectivity index (χ2n) is 7.74. The van der Waals surface area contributed by atoms with Gasteiger partial charge in [0.15, 0.2) is 0 Å². The van der Waals surface area contributed by atoms with Gasteiger partial charge in [-0.1, -0.05) is 6.07 Å². The highest BCUT2D eigenvalue weighted by molar-refractivity contribution is 5.94. The topological polar surface area (TPSA) is 85.8 Å². The summed E-state index contributed by atoms with van der Waals surface area (Å²) in [6, 6.07) is 13.2.